The number of hydrogen-bond donors (Lipinski definition) is 1. The summed E-state index contributed by atoms with van der Waals surface area (Å²) in [5.74, 6) is 0.726. The first-order valence-corrected chi connectivity index (χ1v) is 3.99. The van der Waals surface area contributed by atoms with Crippen molar-refractivity contribution in [1.82, 2.24) is 4.98 Å². The van der Waals surface area contributed by atoms with Gasteiger partial charge < -0.3 is 10.2 Å². The fourth-order valence-electron chi connectivity index (χ4n) is 0.854. The molecule has 11 heavy (non-hydrogen) atoms. The van der Waals surface area contributed by atoms with Crippen molar-refractivity contribution in [2.24, 2.45) is 0 Å². The lowest BCUT2D eigenvalue weighted by Crippen LogP contribution is -1.82. The maximum absolute atomic E-state index is 5.63. The van der Waals surface area contributed by atoms with Crippen LogP contribution in [0.2, 0.25) is 0 Å². The molecule has 0 aromatic carbocycles. The third-order valence-corrected chi connectivity index (χ3v) is 2.01. The van der Waals surface area contributed by atoms with Gasteiger partial charge >= 0.3 is 0 Å². The molecule has 2 aromatic rings. The molecule has 0 fully saturated rings. The molecule has 0 unspecified atom stereocenters. The lowest BCUT2D eigenvalue weighted by atomic mass is 10.3. The van der Waals surface area contributed by atoms with E-state index in [0.29, 0.717) is 5.00 Å². The molecule has 2 rings (SSSR count). The van der Waals surface area contributed by atoms with E-state index in [0.717, 1.165) is 11.5 Å². The van der Waals surface area contributed by atoms with Crippen LogP contribution in [0.5, 0.6) is 0 Å². The van der Waals surface area contributed by atoms with Crippen LogP contribution in [-0.2, 0) is 0 Å². The lowest BCUT2D eigenvalue weighted by Gasteiger charge is -1.89. The van der Waals surface area contributed by atoms with Gasteiger partial charge in [0.05, 0.1) is 11.8 Å². The zero-order valence-electron chi connectivity index (χ0n) is 5.65. The van der Waals surface area contributed by atoms with Crippen molar-refractivity contribution in [1.29, 1.82) is 0 Å². The molecular weight excluding hydrogens is 160 g/mol. The number of thiazole rings is 1. The van der Waals surface area contributed by atoms with Crippen molar-refractivity contribution in [2.45, 2.75) is 0 Å². The second kappa shape index (κ2) is 2.39. The van der Waals surface area contributed by atoms with Crippen molar-refractivity contribution in [3.8, 4) is 11.5 Å². The molecule has 56 valence electrons. The number of nitrogens with zero attached hydrogens (tertiary/aromatic N) is 1. The van der Waals surface area contributed by atoms with Gasteiger partial charge in [-0.1, -0.05) is 0 Å². The highest BCUT2D eigenvalue weighted by molar-refractivity contribution is 7.14. The van der Waals surface area contributed by atoms with E-state index in [9.17, 15) is 0 Å². The minimum atomic E-state index is 0.694. The van der Waals surface area contributed by atoms with Crippen molar-refractivity contribution in [3.63, 3.8) is 0 Å². The predicted molar refractivity (Wildman–Crippen MR) is 44.2 cm³/mol. The molecule has 2 heterocycles. The van der Waals surface area contributed by atoms with Crippen LogP contribution < -0.4 is 5.73 Å². The molecule has 2 aromatic heterocycles. The summed E-state index contributed by atoms with van der Waals surface area (Å²) in [5.41, 5.74) is 8.07. The molecule has 3 nitrogen and oxygen atoms in total. The minimum Gasteiger partial charge on any atom is -0.463 e. The first-order valence-electron chi connectivity index (χ1n) is 3.11. The van der Waals surface area contributed by atoms with Crippen molar-refractivity contribution >= 4 is 16.3 Å². The van der Waals surface area contributed by atoms with Crippen LogP contribution in [0.4, 0.5) is 5.00 Å². The van der Waals surface area contributed by atoms with Gasteiger partial charge in [0.25, 0.3) is 0 Å². The average Bonchev–Trinajstić information content (AvgIpc) is 2.55. The summed E-state index contributed by atoms with van der Waals surface area (Å²) in [4.78, 5) is 4.06. The second-order valence-electron chi connectivity index (χ2n) is 2.04. The monoisotopic (exact) mass is 166 g/mol. The van der Waals surface area contributed by atoms with E-state index in [1.165, 1.54) is 11.3 Å². The van der Waals surface area contributed by atoms with E-state index in [1.807, 2.05) is 12.1 Å². The Bertz CT molecular complexity index is 339. The maximum Gasteiger partial charge on any atom is 0.155 e. The first kappa shape index (κ1) is 6.42. The third kappa shape index (κ3) is 1.01. The van der Waals surface area contributed by atoms with Gasteiger partial charge in [-0.25, -0.2) is 4.98 Å². The number of nitrogen functional groups attached to an aromatic ring is 1. The van der Waals surface area contributed by atoms with Crippen LogP contribution in [0.3, 0.4) is 0 Å². The molecule has 4 heteroatoms. The van der Waals surface area contributed by atoms with Gasteiger partial charge in [-0.2, -0.15) is 0 Å². The van der Waals surface area contributed by atoms with E-state index in [-0.39, 0.29) is 0 Å². The van der Waals surface area contributed by atoms with Crippen LogP contribution in [-0.4, -0.2) is 4.98 Å². The molecule has 0 spiro atoms. The van der Waals surface area contributed by atoms with E-state index in [2.05, 4.69) is 4.98 Å². The number of anilines is 1. The van der Waals surface area contributed by atoms with E-state index in [1.54, 1.807) is 11.8 Å². The predicted octanol–water partition coefficient (Wildman–Crippen LogP) is 1.99. The van der Waals surface area contributed by atoms with Crippen LogP contribution in [0, 0.1) is 0 Å². The lowest BCUT2D eigenvalue weighted by molar-refractivity contribution is 0.581. The fraction of sp³-hybridized carbons (Fsp3) is 0. The quantitative estimate of drug-likeness (QED) is 0.704. The number of aromatic nitrogens is 1. The SMILES string of the molecule is Nc1scnc1-c1ccco1. The molecule has 2 N–H and O–H groups in total. The Morgan fingerprint density at radius 3 is 3.00 bits per heavy atom. The van der Waals surface area contributed by atoms with Crippen LogP contribution in [0.1, 0.15) is 0 Å². The summed E-state index contributed by atoms with van der Waals surface area (Å²) in [6.07, 6.45) is 1.61. The topological polar surface area (TPSA) is 52.0 Å². The van der Waals surface area contributed by atoms with Crippen LogP contribution in [0.15, 0.2) is 28.3 Å². The summed E-state index contributed by atoms with van der Waals surface area (Å²) in [7, 11) is 0. The Morgan fingerprint density at radius 1 is 1.55 bits per heavy atom. The number of nitrogens with two attached hydrogens (primary N) is 1. The fourth-order valence-corrected chi connectivity index (χ4v) is 1.39. The van der Waals surface area contributed by atoms with Gasteiger partial charge in [-0.3, -0.25) is 0 Å². The molecule has 0 radical (unpaired) electrons. The standard InChI is InChI=1S/C7H6N2OS/c8-7-6(9-4-11-7)5-2-1-3-10-5/h1-4H,8H2. The first-order chi connectivity index (χ1) is 5.38. The Hall–Kier alpha value is -1.29. The minimum absolute atomic E-state index is 0.694. The summed E-state index contributed by atoms with van der Waals surface area (Å²) >= 11 is 1.41. The largest absolute Gasteiger partial charge is 0.463 e. The van der Waals surface area contributed by atoms with Crippen molar-refractivity contribution < 1.29 is 4.42 Å². The van der Waals surface area contributed by atoms with Gasteiger partial charge in [0.15, 0.2) is 5.76 Å². The Morgan fingerprint density at radius 2 is 2.45 bits per heavy atom. The summed E-state index contributed by atoms with van der Waals surface area (Å²) in [5, 5.41) is 0.694. The maximum atomic E-state index is 5.63. The molecule has 0 saturated carbocycles. The van der Waals surface area contributed by atoms with Gasteiger partial charge in [0, 0.05) is 0 Å². The molecule has 0 aliphatic carbocycles. The molecule has 0 aliphatic heterocycles. The molecule has 0 aliphatic rings. The van der Waals surface area contributed by atoms with E-state index < -0.39 is 0 Å². The zero-order valence-corrected chi connectivity index (χ0v) is 6.47. The Kier molecular flexibility index (Phi) is 1.40. The molecular formula is C7H6N2OS. The Labute approximate surface area is 67.5 Å². The van der Waals surface area contributed by atoms with Crippen molar-refractivity contribution in [3.05, 3.63) is 23.9 Å². The van der Waals surface area contributed by atoms with Gasteiger partial charge in [0.2, 0.25) is 0 Å². The van der Waals surface area contributed by atoms with Crippen LogP contribution >= 0.6 is 11.3 Å². The highest BCUT2D eigenvalue weighted by atomic mass is 32.1. The highest BCUT2D eigenvalue weighted by Crippen LogP contribution is 2.27. The smallest absolute Gasteiger partial charge is 0.155 e. The molecule has 0 amide bonds. The molecule has 0 saturated heterocycles. The molecule has 0 atom stereocenters. The Balaban J connectivity index is 2.53. The normalized spacial score (nSPS) is 10.2. The summed E-state index contributed by atoms with van der Waals surface area (Å²) < 4.78 is 5.12. The highest BCUT2D eigenvalue weighted by Gasteiger charge is 2.06. The second-order valence-corrected chi connectivity index (χ2v) is 2.93. The zero-order chi connectivity index (χ0) is 7.68. The van der Waals surface area contributed by atoms with Crippen LogP contribution in [0.25, 0.3) is 11.5 Å². The molecule has 0 bridgehead atoms. The number of rotatable bonds is 1. The van der Waals surface area contributed by atoms with Gasteiger partial charge in [-0.15, -0.1) is 11.3 Å². The van der Waals surface area contributed by atoms with Crippen molar-refractivity contribution in [2.75, 3.05) is 5.73 Å². The van der Waals surface area contributed by atoms with Gasteiger partial charge in [-0.05, 0) is 12.1 Å². The van der Waals surface area contributed by atoms with Gasteiger partial charge in [0.1, 0.15) is 10.7 Å². The average molecular weight is 166 g/mol. The third-order valence-electron chi connectivity index (χ3n) is 1.35. The number of furan rings is 1. The van der Waals surface area contributed by atoms with E-state index >= 15 is 0 Å². The summed E-state index contributed by atoms with van der Waals surface area (Å²) in [6, 6.07) is 3.65. The van der Waals surface area contributed by atoms with E-state index in [4.69, 9.17) is 10.2 Å². The summed E-state index contributed by atoms with van der Waals surface area (Å²) in [6.45, 7) is 0. The number of hydrogen-bond acceptors (Lipinski definition) is 4.